The standard InChI is InChI=1S/C26H23BF3N3O/c1-18-17-21(33-26(18)24(14-15-31)25-3-2-16-32(25)27(33,29)30)9-4-19-5-10-22(11-6-19)34-23-12-7-20(28)8-13-23/h2-13,16-17H,14-15,31H2,1H3/b9-4+. The van der Waals surface area contributed by atoms with Crippen molar-refractivity contribution in [1.82, 2.24) is 4.48 Å². The van der Waals surface area contributed by atoms with Crippen LogP contribution in [0.2, 0.25) is 0 Å². The second kappa shape index (κ2) is 8.54. The Hall–Kier alpha value is -3.78. The quantitative estimate of drug-likeness (QED) is 0.469. The first-order chi connectivity index (χ1) is 16.4. The third kappa shape index (κ3) is 3.80. The van der Waals surface area contributed by atoms with Crippen LogP contribution in [0.5, 0.6) is 11.5 Å². The molecule has 4 nitrogen and oxygen atoms in total. The van der Waals surface area contributed by atoms with Crippen LogP contribution in [0, 0.1) is 12.7 Å². The minimum absolute atomic E-state index is 0.330. The van der Waals surface area contributed by atoms with E-state index >= 15 is 8.63 Å². The normalized spacial score (nSPS) is 16.1. The van der Waals surface area contributed by atoms with Crippen molar-refractivity contribution in [1.29, 1.82) is 0 Å². The molecule has 0 aliphatic carbocycles. The first-order valence-corrected chi connectivity index (χ1v) is 11.1. The number of hydrogen-bond acceptors (Lipinski definition) is 2. The van der Waals surface area contributed by atoms with Gasteiger partial charge in [-0.25, -0.2) is 4.39 Å². The van der Waals surface area contributed by atoms with Crippen molar-refractivity contribution in [3.05, 3.63) is 101 Å². The molecule has 0 saturated carbocycles. The summed E-state index contributed by atoms with van der Waals surface area (Å²) >= 11 is 0. The number of halogens is 3. The van der Waals surface area contributed by atoms with Crippen molar-refractivity contribution in [2.75, 3.05) is 6.54 Å². The fraction of sp³-hybridized carbons (Fsp3) is 0.115. The van der Waals surface area contributed by atoms with Crippen LogP contribution in [0.1, 0.15) is 28.9 Å². The summed E-state index contributed by atoms with van der Waals surface area (Å²) in [5.41, 5.74) is 9.76. The third-order valence-corrected chi connectivity index (χ3v) is 6.05. The van der Waals surface area contributed by atoms with E-state index in [0.29, 0.717) is 41.5 Å². The summed E-state index contributed by atoms with van der Waals surface area (Å²) in [4.78, 5) is 0. The van der Waals surface area contributed by atoms with Gasteiger partial charge in [0.25, 0.3) is 0 Å². The van der Waals surface area contributed by atoms with Crippen molar-refractivity contribution >= 4 is 30.9 Å². The topological polar surface area (TPSA) is 43.2 Å². The summed E-state index contributed by atoms with van der Waals surface area (Å²) in [5, 5.41) is 0. The number of nitrogens with zero attached hydrogens (tertiary/aromatic N) is 2. The van der Waals surface area contributed by atoms with Crippen LogP contribution in [-0.2, 0) is 0 Å². The highest BCUT2D eigenvalue weighted by Gasteiger charge is 2.52. The van der Waals surface area contributed by atoms with Crippen LogP contribution in [-0.4, -0.2) is 28.7 Å². The van der Waals surface area contributed by atoms with E-state index in [1.807, 2.05) is 19.1 Å². The van der Waals surface area contributed by atoms with E-state index in [9.17, 15) is 4.39 Å². The van der Waals surface area contributed by atoms with E-state index in [1.54, 1.807) is 54.6 Å². The van der Waals surface area contributed by atoms with E-state index in [2.05, 4.69) is 0 Å². The molecule has 0 radical (unpaired) electrons. The SMILES string of the molecule is Cc1cc(/C=C/c2ccc(Oc3ccc(F)cc3)cc2)n2c1C(CCN)=C1C=CC=[N+]1[B-]2(F)F. The predicted molar refractivity (Wildman–Crippen MR) is 130 cm³/mol. The zero-order valence-corrected chi connectivity index (χ0v) is 18.6. The average molecular weight is 461 g/mol. The smallest absolute Gasteiger partial charge is 0.457 e. The van der Waals surface area contributed by atoms with Gasteiger partial charge in [-0.1, -0.05) is 18.2 Å². The summed E-state index contributed by atoms with van der Waals surface area (Å²) in [6, 6.07) is 14.8. The summed E-state index contributed by atoms with van der Waals surface area (Å²) in [6.45, 7) is -1.80. The van der Waals surface area contributed by atoms with E-state index in [1.165, 1.54) is 18.3 Å². The summed E-state index contributed by atoms with van der Waals surface area (Å²) in [6.07, 6.45) is 8.81. The summed E-state index contributed by atoms with van der Waals surface area (Å²) in [7, 11) is 0. The monoisotopic (exact) mass is 461 g/mol. The lowest BCUT2D eigenvalue weighted by Gasteiger charge is -2.32. The lowest BCUT2D eigenvalue weighted by molar-refractivity contribution is -0.356. The lowest BCUT2D eigenvalue weighted by atomic mass is 9.86. The molecule has 3 heterocycles. The molecular formula is C26H23BF3N3O. The Morgan fingerprint density at radius 1 is 1.03 bits per heavy atom. The number of benzene rings is 2. The van der Waals surface area contributed by atoms with Gasteiger partial charge in [0.2, 0.25) is 0 Å². The fourth-order valence-electron chi connectivity index (χ4n) is 4.55. The molecule has 0 fully saturated rings. The second-order valence-corrected chi connectivity index (χ2v) is 8.34. The maximum absolute atomic E-state index is 15.6. The number of rotatable bonds is 6. The van der Waals surface area contributed by atoms with Gasteiger partial charge in [-0.05, 0) is 79.6 Å². The second-order valence-electron chi connectivity index (χ2n) is 8.34. The molecule has 0 saturated heterocycles. The van der Waals surface area contributed by atoms with Gasteiger partial charge in [-0.2, -0.15) is 0 Å². The minimum atomic E-state index is -4.03. The van der Waals surface area contributed by atoms with Crippen LogP contribution >= 0.6 is 0 Å². The van der Waals surface area contributed by atoms with Crippen LogP contribution in [0.3, 0.4) is 0 Å². The van der Waals surface area contributed by atoms with Gasteiger partial charge in [0.05, 0.1) is 0 Å². The Morgan fingerprint density at radius 3 is 2.38 bits per heavy atom. The average Bonchev–Trinajstić information content (AvgIpc) is 3.44. The van der Waals surface area contributed by atoms with Gasteiger partial charge in [-0.3, -0.25) is 0 Å². The largest absolute Gasteiger partial charge is 0.737 e. The van der Waals surface area contributed by atoms with Gasteiger partial charge in [0, 0.05) is 29.1 Å². The maximum atomic E-state index is 15.6. The molecule has 0 spiro atoms. The molecular weight excluding hydrogens is 438 g/mol. The third-order valence-electron chi connectivity index (χ3n) is 6.05. The lowest BCUT2D eigenvalue weighted by Crippen LogP contribution is -2.50. The molecule has 0 unspecified atom stereocenters. The highest BCUT2D eigenvalue weighted by molar-refractivity contribution is 6.58. The molecule has 0 bridgehead atoms. The Morgan fingerprint density at radius 2 is 1.71 bits per heavy atom. The van der Waals surface area contributed by atoms with Gasteiger partial charge in [0.15, 0.2) is 5.70 Å². The first-order valence-electron chi connectivity index (χ1n) is 11.1. The van der Waals surface area contributed by atoms with Crippen LogP contribution < -0.4 is 10.5 Å². The maximum Gasteiger partial charge on any atom is 0.737 e. The number of aromatic nitrogens is 1. The minimum Gasteiger partial charge on any atom is -0.457 e. The Balaban J connectivity index is 1.44. The Labute approximate surface area is 195 Å². The number of aryl methyl sites for hydroxylation is 1. The Bertz CT molecular complexity index is 1370. The zero-order chi connectivity index (χ0) is 23.9. The molecule has 1 aromatic heterocycles. The van der Waals surface area contributed by atoms with Crippen molar-refractivity contribution in [3.63, 3.8) is 0 Å². The van der Waals surface area contributed by atoms with Gasteiger partial charge >= 0.3 is 6.97 Å². The molecule has 5 rings (SSSR count). The van der Waals surface area contributed by atoms with Crippen LogP contribution in [0.4, 0.5) is 13.0 Å². The van der Waals surface area contributed by atoms with Crippen molar-refractivity contribution in [2.45, 2.75) is 13.3 Å². The Kier molecular flexibility index (Phi) is 5.53. The molecule has 0 amide bonds. The van der Waals surface area contributed by atoms with E-state index in [0.717, 1.165) is 25.7 Å². The van der Waals surface area contributed by atoms with Crippen molar-refractivity contribution < 1.29 is 22.2 Å². The highest BCUT2D eigenvalue weighted by atomic mass is 19.2. The molecule has 2 N–H and O–H groups in total. The van der Waals surface area contributed by atoms with E-state index in [-0.39, 0.29) is 5.82 Å². The zero-order valence-electron chi connectivity index (χ0n) is 18.6. The number of ether oxygens (including phenoxy) is 1. The summed E-state index contributed by atoms with van der Waals surface area (Å²) < 4.78 is 52.2. The molecule has 2 aliphatic heterocycles. The molecule has 2 aliphatic rings. The highest BCUT2D eigenvalue weighted by Crippen LogP contribution is 2.40. The number of allylic oxidation sites excluding steroid dienone is 2. The molecule has 2 aromatic carbocycles. The molecule has 3 aromatic rings. The van der Waals surface area contributed by atoms with Gasteiger partial charge in [0.1, 0.15) is 23.5 Å². The predicted octanol–water partition coefficient (Wildman–Crippen LogP) is 5.85. The van der Waals surface area contributed by atoms with Gasteiger partial charge in [-0.15, -0.1) is 0 Å². The van der Waals surface area contributed by atoms with Crippen molar-refractivity contribution in [3.8, 4) is 11.5 Å². The van der Waals surface area contributed by atoms with E-state index < -0.39 is 6.97 Å². The van der Waals surface area contributed by atoms with Crippen LogP contribution in [0.15, 0.2) is 72.4 Å². The number of fused-ring (bicyclic) bond motifs is 2. The molecule has 172 valence electrons. The first kappa shape index (κ1) is 22.0. The van der Waals surface area contributed by atoms with Crippen molar-refractivity contribution in [2.24, 2.45) is 5.73 Å². The fourth-order valence-corrected chi connectivity index (χ4v) is 4.55. The summed E-state index contributed by atoms with van der Waals surface area (Å²) in [5.74, 6) is 0.789. The number of nitrogens with two attached hydrogens (primary N) is 1. The molecule has 34 heavy (non-hydrogen) atoms. The van der Waals surface area contributed by atoms with E-state index in [4.69, 9.17) is 10.5 Å². The molecule has 0 atom stereocenters. The molecule has 8 heteroatoms. The van der Waals surface area contributed by atoms with Gasteiger partial charge < -0.3 is 28.1 Å². The number of hydrogen-bond donors (Lipinski definition) is 1. The van der Waals surface area contributed by atoms with Crippen LogP contribution in [0.25, 0.3) is 17.7 Å².